The molecule has 1 unspecified atom stereocenters. The van der Waals surface area contributed by atoms with Crippen molar-refractivity contribution in [2.24, 2.45) is 0 Å². The summed E-state index contributed by atoms with van der Waals surface area (Å²) in [7, 11) is 0. The van der Waals surface area contributed by atoms with Gasteiger partial charge < -0.3 is 5.11 Å². The Labute approximate surface area is 97.1 Å². The third-order valence-corrected chi connectivity index (χ3v) is 2.99. The van der Waals surface area contributed by atoms with E-state index in [1.807, 2.05) is 37.3 Å². The molecule has 2 aromatic rings. The molecule has 0 bridgehead atoms. The van der Waals surface area contributed by atoms with E-state index in [1.165, 1.54) is 0 Å². The van der Waals surface area contributed by atoms with E-state index in [4.69, 9.17) is 0 Å². The van der Waals surface area contributed by atoms with Crippen LogP contribution in [0.25, 0.3) is 10.9 Å². The van der Waals surface area contributed by atoms with E-state index in [9.17, 15) is 5.11 Å². The average molecular weight is 266 g/mol. The van der Waals surface area contributed by atoms with Gasteiger partial charge in [-0.25, -0.2) is 0 Å². The summed E-state index contributed by atoms with van der Waals surface area (Å²) in [6, 6.07) is 9.81. The van der Waals surface area contributed by atoms with Crippen LogP contribution in [0.4, 0.5) is 0 Å². The molecular weight excluding hydrogens is 254 g/mol. The van der Waals surface area contributed by atoms with Crippen molar-refractivity contribution in [2.45, 2.75) is 13.0 Å². The summed E-state index contributed by atoms with van der Waals surface area (Å²) in [6.45, 7) is 1.94. The maximum Gasteiger partial charge on any atom is 0.0893 e. The van der Waals surface area contributed by atoms with Crippen LogP contribution in [0, 0.1) is 6.92 Å². The molecule has 1 aromatic carbocycles. The quantitative estimate of drug-likeness (QED) is 0.848. The fraction of sp³-hybridized carbons (Fsp3) is 0.250. The molecule has 2 rings (SSSR count). The standard InChI is InChI=1S/C12H12BrNO/c1-8-6-10(12(15)7-13)9-4-2-3-5-11(9)14-8/h2-6,12,15H,7H2,1H3. The van der Waals surface area contributed by atoms with E-state index in [0.29, 0.717) is 5.33 Å². The normalized spacial score (nSPS) is 13.0. The number of aliphatic hydroxyl groups excluding tert-OH is 1. The van der Waals surface area contributed by atoms with Crippen LogP contribution >= 0.6 is 15.9 Å². The second-order valence-corrected chi connectivity index (χ2v) is 4.19. The number of alkyl halides is 1. The van der Waals surface area contributed by atoms with Crippen LogP contribution in [-0.2, 0) is 0 Å². The third kappa shape index (κ3) is 2.03. The molecular formula is C12H12BrNO. The number of benzene rings is 1. The predicted molar refractivity (Wildman–Crippen MR) is 65.2 cm³/mol. The molecule has 1 heterocycles. The van der Waals surface area contributed by atoms with Crippen molar-refractivity contribution in [1.82, 2.24) is 4.98 Å². The highest BCUT2D eigenvalue weighted by Crippen LogP contribution is 2.25. The Morgan fingerprint density at radius 2 is 2.13 bits per heavy atom. The lowest BCUT2D eigenvalue weighted by molar-refractivity contribution is 0.207. The minimum absolute atomic E-state index is 0.475. The Morgan fingerprint density at radius 1 is 1.40 bits per heavy atom. The summed E-state index contributed by atoms with van der Waals surface area (Å²) in [5, 5.41) is 11.4. The van der Waals surface area contributed by atoms with Crippen LogP contribution in [0.3, 0.4) is 0 Å². The van der Waals surface area contributed by atoms with Gasteiger partial charge in [0.1, 0.15) is 0 Å². The van der Waals surface area contributed by atoms with Crippen molar-refractivity contribution in [2.75, 3.05) is 5.33 Å². The molecule has 0 saturated carbocycles. The van der Waals surface area contributed by atoms with Gasteiger partial charge in [0.05, 0.1) is 11.6 Å². The summed E-state index contributed by atoms with van der Waals surface area (Å²) in [4.78, 5) is 4.43. The first kappa shape index (κ1) is 10.6. The monoisotopic (exact) mass is 265 g/mol. The Balaban J connectivity index is 2.71. The van der Waals surface area contributed by atoms with E-state index in [2.05, 4.69) is 20.9 Å². The predicted octanol–water partition coefficient (Wildman–Crippen LogP) is 2.97. The molecule has 0 aliphatic heterocycles. The van der Waals surface area contributed by atoms with Crippen molar-refractivity contribution < 1.29 is 5.11 Å². The van der Waals surface area contributed by atoms with Crippen LogP contribution in [0.1, 0.15) is 17.4 Å². The van der Waals surface area contributed by atoms with Crippen LogP contribution < -0.4 is 0 Å². The number of hydrogen-bond acceptors (Lipinski definition) is 2. The van der Waals surface area contributed by atoms with Gasteiger partial charge in [0.25, 0.3) is 0 Å². The van der Waals surface area contributed by atoms with E-state index in [1.54, 1.807) is 0 Å². The number of aromatic nitrogens is 1. The maximum atomic E-state index is 9.88. The van der Waals surface area contributed by atoms with Gasteiger partial charge in [-0.2, -0.15) is 0 Å². The highest BCUT2D eigenvalue weighted by atomic mass is 79.9. The topological polar surface area (TPSA) is 33.1 Å². The molecule has 0 radical (unpaired) electrons. The summed E-state index contributed by atoms with van der Waals surface area (Å²) < 4.78 is 0. The number of hydrogen-bond donors (Lipinski definition) is 1. The minimum atomic E-state index is -0.475. The Morgan fingerprint density at radius 3 is 2.87 bits per heavy atom. The highest BCUT2D eigenvalue weighted by molar-refractivity contribution is 9.09. The molecule has 0 aliphatic rings. The first-order valence-corrected chi connectivity index (χ1v) is 5.95. The maximum absolute atomic E-state index is 9.88. The third-order valence-electron chi connectivity index (χ3n) is 2.38. The average Bonchev–Trinajstić information content (AvgIpc) is 2.26. The van der Waals surface area contributed by atoms with Gasteiger partial charge in [0, 0.05) is 16.4 Å². The summed E-state index contributed by atoms with van der Waals surface area (Å²) in [5.74, 6) is 0. The number of pyridine rings is 1. The SMILES string of the molecule is Cc1cc(C(O)CBr)c2ccccc2n1. The number of nitrogens with zero attached hydrogens (tertiary/aromatic N) is 1. The second-order valence-electron chi connectivity index (χ2n) is 3.54. The van der Waals surface area contributed by atoms with Crippen molar-refractivity contribution >= 4 is 26.8 Å². The van der Waals surface area contributed by atoms with Gasteiger partial charge in [0.15, 0.2) is 0 Å². The molecule has 0 spiro atoms. The van der Waals surface area contributed by atoms with Gasteiger partial charge in [-0.05, 0) is 24.6 Å². The summed E-state index contributed by atoms with van der Waals surface area (Å²) in [6.07, 6.45) is -0.475. The van der Waals surface area contributed by atoms with Gasteiger partial charge in [-0.15, -0.1) is 0 Å². The van der Waals surface area contributed by atoms with Crippen LogP contribution in [-0.4, -0.2) is 15.4 Å². The number of rotatable bonds is 2. The zero-order valence-electron chi connectivity index (χ0n) is 8.44. The fourth-order valence-corrected chi connectivity index (χ4v) is 2.05. The number of para-hydroxylation sites is 1. The molecule has 0 amide bonds. The summed E-state index contributed by atoms with van der Waals surface area (Å²) >= 11 is 3.29. The largest absolute Gasteiger partial charge is 0.388 e. The van der Waals surface area contributed by atoms with E-state index >= 15 is 0 Å². The molecule has 1 N–H and O–H groups in total. The van der Waals surface area contributed by atoms with Gasteiger partial charge >= 0.3 is 0 Å². The van der Waals surface area contributed by atoms with Crippen LogP contribution in [0.15, 0.2) is 30.3 Å². The number of halogens is 1. The molecule has 15 heavy (non-hydrogen) atoms. The minimum Gasteiger partial charge on any atom is -0.388 e. The molecule has 1 atom stereocenters. The zero-order chi connectivity index (χ0) is 10.8. The van der Waals surface area contributed by atoms with Gasteiger partial charge in [-0.1, -0.05) is 34.1 Å². The molecule has 0 aliphatic carbocycles. The smallest absolute Gasteiger partial charge is 0.0893 e. The van der Waals surface area contributed by atoms with Gasteiger partial charge in [0.2, 0.25) is 0 Å². The molecule has 0 saturated heterocycles. The van der Waals surface area contributed by atoms with Crippen molar-refractivity contribution in [3.05, 3.63) is 41.6 Å². The second kappa shape index (κ2) is 4.29. The van der Waals surface area contributed by atoms with Crippen LogP contribution in [0.5, 0.6) is 0 Å². The zero-order valence-corrected chi connectivity index (χ0v) is 10.0. The lowest BCUT2D eigenvalue weighted by Gasteiger charge is -2.11. The number of fused-ring (bicyclic) bond motifs is 1. The van der Waals surface area contributed by atoms with Crippen molar-refractivity contribution in [3.8, 4) is 0 Å². The Hall–Kier alpha value is -0.930. The molecule has 2 nitrogen and oxygen atoms in total. The molecule has 78 valence electrons. The Bertz CT molecular complexity index is 484. The highest BCUT2D eigenvalue weighted by Gasteiger charge is 2.10. The van der Waals surface area contributed by atoms with Crippen LogP contribution in [0.2, 0.25) is 0 Å². The lowest BCUT2D eigenvalue weighted by Crippen LogP contribution is -2.01. The van der Waals surface area contributed by atoms with E-state index in [0.717, 1.165) is 22.2 Å². The van der Waals surface area contributed by atoms with Crippen molar-refractivity contribution in [1.29, 1.82) is 0 Å². The molecule has 1 aromatic heterocycles. The lowest BCUT2D eigenvalue weighted by atomic mass is 10.0. The summed E-state index contributed by atoms with van der Waals surface area (Å²) in [5.41, 5.74) is 2.81. The molecule has 3 heteroatoms. The van der Waals surface area contributed by atoms with E-state index in [-0.39, 0.29) is 0 Å². The van der Waals surface area contributed by atoms with Gasteiger partial charge in [-0.3, -0.25) is 4.98 Å². The first-order valence-electron chi connectivity index (χ1n) is 4.82. The van der Waals surface area contributed by atoms with E-state index < -0.39 is 6.10 Å². The van der Waals surface area contributed by atoms with Crippen molar-refractivity contribution in [3.63, 3.8) is 0 Å². The molecule has 0 fully saturated rings. The first-order chi connectivity index (χ1) is 7.22. The number of aliphatic hydroxyl groups is 1. The number of aryl methyl sites for hydroxylation is 1. The fourth-order valence-electron chi connectivity index (χ4n) is 1.70. The Kier molecular flexibility index (Phi) is 3.03.